The van der Waals surface area contributed by atoms with Gasteiger partial charge in [-0.25, -0.2) is 9.78 Å². The fourth-order valence-electron chi connectivity index (χ4n) is 2.51. The second-order valence-electron chi connectivity index (χ2n) is 5.05. The van der Waals surface area contributed by atoms with E-state index in [1.54, 1.807) is 19.2 Å². The van der Waals surface area contributed by atoms with Gasteiger partial charge in [0.1, 0.15) is 17.5 Å². The molecule has 0 atom stereocenters. The van der Waals surface area contributed by atoms with Gasteiger partial charge in [0, 0.05) is 23.3 Å². The van der Waals surface area contributed by atoms with Gasteiger partial charge in [-0.2, -0.15) is 5.26 Å². The zero-order valence-corrected chi connectivity index (χ0v) is 13.1. The van der Waals surface area contributed by atoms with Crippen LogP contribution in [-0.2, 0) is 9.53 Å². The summed E-state index contributed by atoms with van der Waals surface area (Å²) in [5.41, 5.74) is 1.69. The molecule has 0 spiro atoms. The largest absolute Gasteiger partial charge is 0.462 e. The Morgan fingerprint density at radius 2 is 2.08 bits per heavy atom. The maximum absolute atomic E-state index is 11.9. The molecule has 5 heteroatoms. The molecule has 0 radical (unpaired) electrons. The molecule has 5 nitrogen and oxygen atoms in total. The summed E-state index contributed by atoms with van der Waals surface area (Å²) < 4.78 is 6.85. The number of benzene rings is 1. The molecule has 0 amide bonds. The van der Waals surface area contributed by atoms with Crippen LogP contribution in [0, 0.1) is 11.3 Å². The maximum Gasteiger partial charge on any atom is 0.348 e. The molecule has 0 saturated heterocycles. The van der Waals surface area contributed by atoms with Gasteiger partial charge in [0.05, 0.1) is 12.1 Å². The topological polar surface area (TPSA) is 67.9 Å². The number of hydrogen-bond donors (Lipinski definition) is 0. The molecule has 0 aliphatic heterocycles. The molecule has 3 aromatic rings. The standard InChI is InChI=1S/C19H15N3O2/c1-2-24-19(23)14(12-20)11-15-13-22(18-9-5-6-10-21-18)17-8-4-3-7-16(15)17/h3-11,13H,2H2,1H3/b14-11+. The Balaban J connectivity index is 2.16. The summed E-state index contributed by atoms with van der Waals surface area (Å²) in [6.07, 6.45) is 5.14. The molecular weight excluding hydrogens is 302 g/mol. The number of hydrogen-bond acceptors (Lipinski definition) is 4. The fourth-order valence-corrected chi connectivity index (χ4v) is 2.51. The minimum atomic E-state index is -0.616. The van der Waals surface area contributed by atoms with Crippen molar-refractivity contribution in [2.45, 2.75) is 6.92 Å². The average Bonchev–Trinajstić information content (AvgIpc) is 2.99. The lowest BCUT2D eigenvalue weighted by Gasteiger charge is -2.02. The predicted octanol–water partition coefficient (Wildman–Crippen LogP) is 3.50. The van der Waals surface area contributed by atoms with Crippen LogP contribution in [0.25, 0.3) is 22.8 Å². The van der Waals surface area contributed by atoms with Gasteiger partial charge in [0.2, 0.25) is 0 Å². The van der Waals surface area contributed by atoms with Crippen LogP contribution < -0.4 is 0 Å². The molecule has 118 valence electrons. The molecular formula is C19H15N3O2. The first-order valence-corrected chi connectivity index (χ1v) is 7.55. The first-order valence-electron chi connectivity index (χ1n) is 7.55. The summed E-state index contributed by atoms with van der Waals surface area (Å²) >= 11 is 0. The van der Waals surface area contributed by atoms with Gasteiger partial charge >= 0.3 is 5.97 Å². The van der Waals surface area contributed by atoms with E-state index >= 15 is 0 Å². The molecule has 0 unspecified atom stereocenters. The SMILES string of the molecule is CCOC(=O)/C(C#N)=C/c1cn(-c2ccccn2)c2ccccc12. The lowest BCUT2D eigenvalue weighted by Crippen LogP contribution is -2.05. The summed E-state index contributed by atoms with van der Waals surface area (Å²) in [4.78, 5) is 16.2. The Kier molecular flexibility index (Phi) is 4.39. The van der Waals surface area contributed by atoms with Crippen molar-refractivity contribution in [3.8, 4) is 11.9 Å². The van der Waals surface area contributed by atoms with Crippen LogP contribution in [0.2, 0.25) is 0 Å². The minimum Gasteiger partial charge on any atom is -0.462 e. The molecule has 24 heavy (non-hydrogen) atoms. The molecule has 0 saturated carbocycles. The minimum absolute atomic E-state index is 0.0271. The van der Waals surface area contributed by atoms with E-state index in [9.17, 15) is 10.1 Å². The van der Waals surface area contributed by atoms with E-state index in [1.807, 2.05) is 59.3 Å². The third-order valence-corrected chi connectivity index (χ3v) is 3.55. The number of aromatic nitrogens is 2. The molecule has 0 aliphatic rings. The van der Waals surface area contributed by atoms with Gasteiger partial charge in [-0.1, -0.05) is 24.3 Å². The zero-order valence-electron chi connectivity index (χ0n) is 13.1. The number of esters is 1. The maximum atomic E-state index is 11.9. The van der Waals surface area contributed by atoms with Crippen molar-refractivity contribution in [3.05, 3.63) is 66.0 Å². The third kappa shape index (κ3) is 2.90. The zero-order chi connectivity index (χ0) is 16.9. The normalized spacial score (nSPS) is 11.2. The van der Waals surface area contributed by atoms with Crippen molar-refractivity contribution in [1.29, 1.82) is 5.26 Å². The van der Waals surface area contributed by atoms with Gasteiger partial charge in [0.15, 0.2) is 0 Å². The highest BCUT2D eigenvalue weighted by atomic mass is 16.5. The highest BCUT2D eigenvalue weighted by Gasteiger charge is 2.13. The van der Waals surface area contributed by atoms with Gasteiger partial charge in [-0.3, -0.25) is 0 Å². The van der Waals surface area contributed by atoms with Crippen molar-refractivity contribution >= 4 is 22.9 Å². The molecule has 0 fully saturated rings. The first kappa shape index (κ1) is 15.5. The second kappa shape index (κ2) is 6.80. The van der Waals surface area contributed by atoms with Crippen LogP contribution in [0.15, 0.2) is 60.4 Å². The molecule has 0 bridgehead atoms. The Morgan fingerprint density at radius 3 is 2.79 bits per heavy atom. The molecule has 0 aliphatic carbocycles. The van der Waals surface area contributed by atoms with Crippen LogP contribution >= 0.6 is 0 Å². The van der Waals surface area contributed by atoms with Crippen LogP contribution in [-0.4, -0.2) is 22.1 Å². The van der Waals surface area contributed by atoms with E-state index in [4.69, 9.17) is 4.74 Å². The van der Waals surface area contributed by atoms with E-state index in [-0.39, 0.29) is 12.2 Å². The number of nitriles is 1. The van der Waals surface area contributed by atoms with Crippen LogP contribution in [0.1, 0.15) is 12.5 Å². The summed E-state index contributed by atoms with van der Waals surface area (Å²) in [6, 6.07) is 15.3. The van der Waals surface area contributed by atoms with Gasteiger partial charge < -0.3 is 9.30 Å². The van der Waals surface area contributed by atoms with Gasteiger partial charge in [-0.05, 0) is 31.2 Å². The number of nitrogens with zero attached hydrogens (tertiary/aromatic N) is 3. The predicted molar refractivity (Wildman–Crippen MR) is 91.3 cm³/mol. The third-order valence-electron chi connectivity index (χ3n) is 3.55. The first-order chi connectivity index (χ1) is 11.7. The fraction of sp³-hybridized carbons (Fsp3) is 0.105. The van der Waals surface area contributed by atoms with E-state index < -0.39 is 5.97 Å². The Morgan fingerprint density at radius 1 is 1.29 bits per heavy atom. The number of pyridine rings is 1. The lowest BCUT2D eigenvalue weighted by atomic mass is 10.1. The monoisotopic (exact) mass is 317 g/mol. The van der Waals surface area contributed by atoms with Crippen molar-refractivity contribution in [3.63, 3.8) is 0 Å². The number of para-hydroxylation sites is 1. The smallest absolute Gasteiger partial charge is 0.348 e. The van der Waals surface area contributed by atoms with E-state index in [0.717, 1.165) is 22.3 Å². The Labute approximate surface area is 139 Å². The molecule has 2 heterocycles. The summed E-state index contributed by atoms with van der Waals surface area (Å²) in [6.45, 7) is 1.94. The van der Waals surface area contributed by atoms with E-state index in [2.05, 4.69) is 4.98 Å². The number of rotatable bonds is 4. The van der Waals surface area contributed by atoms with Crippen molar-refractivity contribution in [2.75, 3.05) is 6.61 Å². The quantitative estimate of drug-likeness (QED) is 0.419. The van der Waals surface area contributed by atoms with Crippen LogP contribution in [0.3, 0.4) is 0 Å². The average molecular weight is 317 g/mol. The number of carbonyl (C=O) groups is 1. The van der Waals surface area contributed by atoms with Gasteiger partial charge in [-0.15, -0.1) is 0 Å². The summed E-state index contributed by atoms with van der Waals surface area (Å²) in [5, 5.41) is 10.2. The van der Waals surface area contributed by atoms with Crippen molar-refractivity contribution in [2.24, 2.45) is 0 Å². The highest BCUT2D eigenvalue weighted by Crippen LogP contribution is 2.26. The molecule has 1 aromatic carbocycles. The number of fused-ring (bicyclic) bond motifs is 1. The Bertz CT molecular complexity index is 950. The summed E-state index contributed by atoms with van der Waals surface area (Å²) in [5.74, 6) is 0.151. The number of carbonyl (C=O) groups excluding carboxylic acids is 1. The van der Waals surface area contributed by atoms with E-state index in [1.165, 1.54) is 0 Å². The summed E-state index contributed by atoms with van der Waals surface area (Å²) in [7, 11) is 0. The highest BCUT2D eigenvalue weighted by molar-refractivity contribution is 6.01. The Hall–Kier alpha value is -3.39. The number of ether oxygens (including phenoxy) is 1. The van der Waals surface area contributed by atoms with Crippen molar-refractivity contribution < 1.29 is 9.53 Å². The molecule has 2 aromatic heterocycles. The van der Waals surface area contributed by atoms with Crippen LogP contribution in [0.4, 0.5) is 0 Å². The van der Waals surface area contributed by atoms with Crippen molar-refractivity contribution in [1.82, 2.24) is 9.55 Å². The second-order valence-corrected chi connectivity index (χ2v) is 5.05. The van der Waals surface area contributed by atoms with Crippen LogP contribution in [0.5, 0.6) is 0 Å². The van der Waals surface area contributed by atoms with E-state index in [0.29, 0.717) is 0 Å². The molecule has 3 rings (SSSR count). The molecule has 0 N–H and O–H groups in total. The van der Waals surface area contributed by atoms with Gasteiger partial charge in [0.25, 0.3) is 0 Å². The lowest BCUT2D eigenvalue weighted by molar-refractivity contribution is -0.137.